The Balaban J connectivity index is 1.65. The molecule has 0 fully saturated rings. The Bertz CT molecular complexity index is 586. The maximum Gasteiger partial charge on any atom is 0.315 e. The third-order valence-corrected chi connectivity index (χ3v) is 3.80. The van der Waals surface area contributed by atoms with Crippen LogP contribution in [0.3, 0.4) is 0 Å². The standard InChI is InChI=1S/C19H25N3O/c1-16(17-10-5-3-6-11-17)21-19(23)20-14-9-15-22(2)18-12-7-4-8-13-18/h3-8,10-13,16H,9,14-15H2,1-2H3,(H2,20,21,23)/t16-/m1/s1. The van der Waals surface area contributed by atoms with Gasteiger partial charge >= 0.3 is 6.03 Å². The molecule has 0 heterocycles. The van der Waals surface area contributed by atoms with Gasteiger partial charge in [-0.25, -0.2) is 4.79 Å². The lowest BCUT2D eigenvalue weighted by Gasteiger charge is -2.19. The van der Waals surface area contributed by atoms with E-state index < -0.39 is 0 Å². The number of amides is 2. The van der Waals surface area contributed by atoms with Gasteiger partial charge in [-0.3, -0.25) is 0 Å². The monoisotopic (exact) mass is 311 g/mol. The van der Waals surface area contributed by atoms with Gasteiger partial charge in [0.1, 0.15) is 0 Å². The summed E-state index contributed by atoms with van der Waals surface area (Å²) in [5, 5.41) is 5.87. The fourth-order valence-electron chi connectivity index (χ4n) is 2.40. The molecule has 0 spiro atoms. The van der Waals surface area contributed by atoms with Crippen LogP contribution >= 0.6 is 0 Å². The van der Waals surface area contributed by atoms with E-state index in [-0.39, 0.29) is 12.1 Å². The Morgan fingerprint density at radius 2 is 1.65 bits per heavy atom. The molecule has 122 valence electrons. The number of hydrogen-bond acceptors (Lipinski definition) is 2. The minimum Gasteiger partial charge on any atom is -0.375 e. The van der Waals surface area contributed by atoms with Crippen molar-refractivity contribution in [2.75, 3.05) is 25.0 Å². The maximum atomic E-state index is 11.9. The van der Waals surface area contributed by atoms with Gasteiger partial charge in [0, 0.05) is 25.8 Å². The van der Waals surface area contributed by atoms with Gasteiger partial charge in [0.15, 0.2) is 0 Å². The number of rotatable bonds is 7. The number of nitrogens with one attached hydrogen (secondary N) is 2. The predicted octanol–water partition coefficient (Wildman–Crippen LogP) is 3.57. The number of nitrogens with zero attached hydrogens (tertiary/aromatic N) is 1. The molecule has 0 radical (unpaired) electrons. The van der Waals surface area contributed by atoms with Crippen LogP contribution in [0.25, 0.3) is 0 Å². The number of carbonyl (C=O) groups is 1. The Morgan fingerprint density at radius 1 is 1.04 bits per heavy atom. The molecule has 1 atom stereocenters. The quantitative estimate of drug-likeness (QED) is 0.768. The summed E-state index contributed by atoms with van der Waals surface area (Å²) in [6.07, 6.45) is 0.901. The summed E-state index contributed by atoms with van der Waals surface area (Å²) in [5.41, 5.74) is 2.29. The van der Waals surface area contributed by atoms with Gasteiger partial charge in [0.25, 0.3) is 0 Å². The van der Waals surface area contributed by atoms with Crippen molar-refractivity contribution in [2.45, 2.75) is 19.4 Å². The average molecular weight is 311 g/mol. The van der Waals surface area contributed by atoms with Crippen molar-refractivity contribution in [3.05, 3.63) is 66.2 Å². The van der Waals surface area contributed by atoms with Crippen molar-refractivity contribution in [3.8, 4) is 0 Å². The van der Waals surface area contributed by atoms with Crippen molar-refractivity contribution in [2.24, 2.45) is 0 Å². The molecule has 0 aliphatic carbocycles. The first-order chi connectivity index (χ1) is 11.2. The number of carbonyl (C=O) groups excluding carboxylic acids is 1. The van der Waals surface area contributed by atoms with Crippen molar-refractivity contribution in [1.29, 1.82) is 0 Å². The number of hydrogen-bond donors (Lipinski definition) is 2. The number of urea groups is 1. The van der Waals surface area contributed by atoms with Crippen LogP contribution in [-0.4, -0.2) is 26.2 Å². The highest BCUT2D eigenvalue weighted by atomic mass is 16.2. The SMILES string of the molecule is C[C@@H](NC(=O)NCCCN(C)c1ccccc1)c1ccccc1. The lowest BCUT2D eigenvalue weighted by molar-refractivity contribution is 0.238. The van der Waals surface area contributed by atoms with Crippen LogP contribution in [0, 0.1) is 0 Å². The lowest BCUT2D eigenvalue weighted by Crippen LogP contribution is -2.38. The Kier molecular flexibility index (Phi) is 6.48. The number of benzene rings is 2. The average Bonchev–Trinajstić information content (AvgIpc) is 2.60. The van der Waals surface area contributed by atoms with E-state index in [0.29, 0.717) is 6.54 Å². The maximum absolute atomic E-state index is 11.9. The van der Waals surface area contributed by atoms with Gasteiger partial charge in [0.05, 0.1) is 6.04 Å². The molecule has 4 nitrogen and oxygen atoms in total. The molecule has 2 aromatic rings. The summed E-state index contributed by atoms with van der Waals surface area (Å²) < 4.78 is 0. The summed E-state index contributed by atoms with van der Waals surface area (Å²) in [7, 11) is 2.06. The molecule has 2 N–H and O–H groups in total. The topological polar surface area (TPSA) is 44.4 Å². The molecule has 0 aromatic heterocycles. The Morgan fingerprint density at radius 3 is 2.30 bits per heavy atom. The second-order valence-electron chi connectivity index (χ2n) is 5.64. The van der Waals surface area contributed by atoms with Crippen molar-refractivity contribution in [1.82, 2.24) is 10.6 Å². The largest absolute Gasteiger partial charge is 0.375 e. The van der Waals surface area contributed by atoms with Crippen LogP contribution in [0.5, 0.6) is 0 Å². The van der Waals surface area contributed by atoms with Crippen LogP contribution < -0.4 is 15.5 Å². The van der Waals surface area contributed by atoms with Gasteiger partial charge in [0.2, 0.25) is 0 Å². The van der Waals surface area contributed by atoms with Gasteiger partial charge in [-0.2, -0.15) is 0 Å². The van der Waals surface area contributed by atoms with E-state index in [0.717, 1.165) is 18.5 Å². The van der Waals surface area contributed by atoms with Gasteiger partial charge < -0.3 is 15.5 Å². The van der Waals surface area contributed by atoms with E-state index in [9.17, 15) is 4.79 Å². The van der Waals surface area contributed by atoms with Gasteiger partial charge in [-0.05, 0) is 31.0 Å². The van der Waals surface area contributed by atoms with Crippen LogP contribution in [0.4, 0.5) is 10.5 Å². The molecule has 2 amide bonds. The van der Waals surface area contributed by atoms with E-state index in [1.54, 1.807) is 0 Å². The summed E-state index contributed by atoms with van der Waals surface area (Å²) in [5.74, 6) is 0. The lowest BCUT2D eigenvalue weighted by atomic mass is 10.1. The highest BCUT2D eigenvalue weighted by molar-refractivity contribution is 5.74. The summed E-state index contributed by atoms with van der Waals surface area (Å²) in [4.78, 5) is 14.1. The normalized spacial score (nSPS) is 11.6. The highest BCUT2D eigenvalue weighted by Crippen LogP contribution is 2.11. The molecule has 2 aromatic carbocycles. The smallest absolute Gasteiger partial charge is 0.315 e. The second-order valence-corrected chi connectivity index (χ2v) is 5.64. The molecule has 0 aliphatic heterocycles. The molecule has 0 unspecified atom stereocenters. The zero-order valence-electron chi connectivity index (χ0n) is 13.8. The van der Waals surface area contributed by atoms with E-state index >= 15 is 0 Å². The molecule has 23 heavy (non-hydrogen) atoms. The Labute approximate surface area is 138 Å². The Hall–Kier alpha value is -2.49. The van der Waals surface area contributed by atoms with Crippen LogP contribution in [-0.2, 0) is 0 Å². The first-order valence-electron chi connectivity index (χ1n) is 8.02. The third-order valence-electron chi connectivity index (χ3n) is 3.80. The number of anilines is 1. The molecule has 4 heteroatoms. The molecule has 2 rings (SSSR count). The molecular formula is C19H25N3O. The highest BCUT2D eigenvalue weighted by Gasteiger charge is 2.08. The fraction of sp³-hybridized carbons (Fsp3) is 0.316. The van der Waals surface area contributed by atoms with Crippen molar-refractivity contribution >= 4 is 11.7 Å². The molecule has 0 saturated carbocycles. The van der Waals surface area contributed by atoms with E-state index in [1.807, 2.05) is 55.5 Å². The minimum atomic E-state index is -0.122. The van der Waals surface area contributed by atoms with Crippen LogP contribution in [0.2, 0.25) is 0 Å². The third kappa shape index (κ3) is 5.66. The number of para-hydroxylation sites is 1. The first-order valence-corrected chi connectivity index (χ1v) is 8.02. The second kappa shape index (κ2) is 8.83. The van der Waals surface area contributed by atoms with Crippen LogP contribution in [0.15, 0.2) is 60.7 Å². The van der Waals surface area contributed by atoms with Crippen molar-refractivity contribution in [3.63, 3.8) is 0 Å². The summed E-state index contributed by atoms with van der Waals surface area (Å²) in [6, 6.07) is 20.1. The minimum absolute atomic E-state index is 0.00296. The van der Waals surface area contributed by atoms with Crippen molar-refractivity contribution < 1.29 is 4.79 Å². The molecule has 0 aliphatic rings. The molecule has 0 saturated heterocycles. The van der Waals surface area contributed by atoms with E-state index in [2.05, 4.69) is 34.7 Å². The zero-order chi connectivity index (χ0) is 16.5. The predicted molar refractivity (Wildman–Crippen MR) is 95.7 cm³/mol. The molecular weight excluding hydrogens is 286 g/mol. The first kappa shape index (κ1) is 16.9. The zero-order valence-corrected chi connectivity index (χ0v) is 13.8. The molecule has 0 bridgehead atoms. The summed E-state index contributed by atoms with van der Waals surface area (Å²) in [6.45, 7) is 3.54. The fourth-order valence-corrected chi connectivity index (χ4v) is 2.40. The van der Waals surface area contributed by atoms with Crippen LogP contribution in [0.1, 0.15) is 24.9 Å². The van der Waals surface area contributed by atoms with Gasteiger partial charge in [-0.15, -0.1) is 0 Å². The summed E-state index contributed by atoms with van der Waals surface area (Å²) >= 11 is 0. The van der Waals surface area contributed by atoms with E-state index in [1.165, 1.54) is 5.69 Å². The van der Waals surface area contributed by atoms with Gasteiger partial charge in [-0.1, -0.05) is 48.5 Å². The van der Waals surface area contributed by atoms with E-state index in [4.69, 9.17) is 0 Å².